The maximum atomic E-state index is 12.1. The van der Waals surface area contributed by atoms with Gasteiger partial charge in [-0.3, -0.25) is 0 Å². The molecule has 2 amide bonds. The number of hydrogen-bond donors (Lipinski definition) is 2. The van der Waals surface area contributed by atoms with Gasteiger partial charge < -0.3 is 15.3 Å². The van der Waals surface area contributed by atoms with Gasteiger partial charge in [0.2, 0.25) is 0 Å². The van der Waals surface area contributed by atoms with Gasteiger partial charge in [-0.15, -0.1) is 0 Å². The van der Waals surface area contributed by atoms with Crippen LogP contribution in [0.3, 0.4) is 0 Å². The Hall–Kier alpha value is -1.07. The molecule has 4 nitrogen and oxygen atoms in total. The lowest BCUT2D eigenvalue weighted by Gasteiger charge is -2.24. The van der Waals surface area contributed by atoms with Crippen LogP contribution in [0.1, 0.15) is 31.9 Å². The van der Waals surface area contributed by atoms with Crippen LogP contribution >= 0.6 is 15.9 Å². The number of likely N-dealkylation sites (N-methyl/N-ethyl adjacent to an activating group) is 1. The molecule has 1 aromatic rings. The molecule has 0 radical (unpaired) electrons. The van der Waals surface area contributed by atoms with E-state index in [4.69, 9.17) is 5.11 Å². The quantitative estimate of drug-likeness (QED) is 0.843. The molecule has 0 fully saturated rings. The summed E-state index contributed by atoms with van der Waals surface area (Å²) in [6.45, 7) is 4.86. The van der Waals surface area contributed by atoms with E-state index in [1.807, 2.05) is 38.1 Å². The van der Waals surface area contributed by atoms with Gasteiger partial charge in [0, 0.05) is 17.6 Å². The van der Waals surface area contributed by atoms with E-state index in [-0.39, 0.29) is 18.7 Å². The highest BCUT2D eigenvalue weighted by Crippen LogP contribution is 2.19. The molecule has 0 aromatic heterocycles. The molecule has 0 bridgehead atoms. The molecule has 19 heavy (non-hydrogen) atoms. The van der Waals surface area contributed by atoms with Crippen molar-refractivity contribution in [3.63, 3.8) is 0 Å². The van der Waals surface area contributed by atoms with Gasteiger partial charge in [0.25, 0.3) is 0 Å². The summed E-state index contributed by atoms with van der Waals surface area (Å²) in [5.41, 5.74) is 1.08. The molecule has 0 heterocycles. The van der Waals surface area contributed by atoms with Gasteiger partial charge in [-0.2, -0.15) is 0 Å². The number of urea groups is 1. The van der Waals surface area contributed by atoms with E-state index in [0.29, 0.717) is 13.1 Å². The highest BCUT2D eigenvalue weighted by Gasteiger charge is 2.16. The number of benzene rings is 1. The van der Waals surface area contributed by atoms with E-state index in [0.717, 1.165) is 16.5 Å². The Balaban J connectivity index is 2.70. The topological polar surface area (TPSA) is 52.6 Å². The molecule has 1 rings (SSSR count). The summed E-state index contributed by atoms with van der Waals surface area (Å²) >= 11 is 3.40. The number of nitrogens with one attached hydrogen (secondary N) is 1. The van der Waals surface area contributed by atoms with Crippen molar-refractivity contribution in [1.82, 2.24) is 10.2 Å². The van der Waals surface area contributed by atoms with Crippen LogP contribution in [0.2, 0.25) is 0 Å². The highest BCUT2D eigenvalue weighted by molar-refractivity contribution is 9.10. The lowest BCUT2D eigenvalue weighted by atomic mass is 10.1. The number of halogens is 1. The largest absolute Gasteiger partial charge is 0.395 e. The number of amides is 2. The summed E-state index contributed by atoms with van der Waals surface area (Å²) in [6.07, 6.45) is 0.823. The summed E-state index contributed by atoms with van der Waals surface area (Å²) in [4.78, 5) is 13.7. The molecule has 1 aromatic carbocycles. The Morgan fingerprint density at radius 3 is 2.47 bits per heavy atom. The summed E-state index contributed by atoms with van der Waals surface area (Å²) in [6, 6.07) is 7.80. The third-order valence-electron chi connectivity index (χ3n) is 3.02. The Morgan fingerprint density at radius 2 is 2.00 bits per heavy atom. The molecule has 0 saturated heterocycles. The fraction of sp³-hybridized carbons (Fsp3) is 0.500. The molecular weight excluding hydrogens is 308 g/mol. The zero-order valence-electron chi connectivity index (χ0n) is 11.4. The molecule has 0 aliphatic heterocycles. The molecule has 0 saturated carbocycles. The third kappa shape index (κ3) is 4.84. The number of aliphatic hydroxyl groups excluding tert-OH is 1. The zero-order valence-corrected chi connectivity index (χ0v) is 13.0. The van der Waals surface area contributed by atoms with Crippen molar-refractivity contribution >= 4 is 22.0 Å². The van der Waals surface area contributed by atoms with Crippen molar-refractivity contribution in [3.8, 4) is 0 Å². The van der Waals surface area contributed by atoms with Gasteiger partial charge in [0.15, 0.2) is 0 Å². The van der Waals surface area contributed by atoms with Crippen molar-refractivity contribution < 1.29 is 9.90 Å². The standard InChI is InChI=1S/C14H21BrN2O2/c1-3-13(11-5-7-12(15)8-6-11)16-14(19)17(4-2)9-10-18/h5-8,13,18H,3-4,9-10H2,1-2H3,(H,16,19). The number of nitrogens with zero attached hydrogens (tertiary/aromatic N) is 1. The second kappa shape index (κ2) is 8.17. The Morgan fingerprint density at radius 1 is 1.37 bits per heavy atom. The lowest BCUT2D eigenvalue weighted by molar-refractivity contribution is 0.177. The van der Waals surface area contributed by atoms with Crippen molar-refractivity contribution in [2.75, 3.05) is 19.7 Å². The Kier molecular flexibility index (Phi) is 6.87. The molecule has 5 heteroatoms. The summed E-state index contributed by atoms with van der Waals surface area (Å²) in [5, 5.41) is 11.9. The van der Waals surface area contributed by atoms with Crippen LogP contribution in [0, 0.1) is 0 Å². The number of rotatable bonds is 6. The van der Waals surface area contributed by atoms with Crippen LogP contribution < -0.4 is 5.32 Å². The van der Waals surface area contributed by atoms with Gasteiger partial charge in [0.05, 0.1) is 12.6 Å². The van der Waals surface area contributed by atoms with Crippen molar-refractivity contribution in [3.05, 3.63) is 34.3 Å². The summed E-state index contributed by atoms with van der Waals surface area (Å²) in [7, 11) is 0. The average molecular weight is 329 g/mol. The minimum Gasteiger partial charge on any atom is -0.395 e. The molecule has 0 aliphatic rings. The van der Waals surface area contributed by atoms with E-state index in [2.05, 4.69) is 21.2 Å². The van der Waals surface area contributed by atoms with Gasteiger partial charge in [-0.1, -0.05) is 35.0 Å². The average Bonchev–Trinajstić information content (AvgIpc) is 2.43. The van der Waals surface area contributed by atoms with E-state index >= 15 is 0 Å². The molecule has 1 unspecified atom stereocenters. The predicted molar refractivity (Wildman–Crippen MR) is 80.0 cm³/mol. The molecule has 2 N–H and O–H groups in total. The third-order valence-corrected chi connectivity index (χ3v) is 3.55. The van der Waals surface area contributed by atoms with Crippen molar-refractivity contribution in [1.29, 1.82) is 0 Å². The van der Waals surface area contributed by atoms with E-state index < -0.39 is 0 Å². The first-order chi connectivity index (χ1) is 9.12. The Labute approximate surface area is 122 Å². The van der Waals surface area contributed by atoms with E-state index in [9.17, 15) is 4.79 Å². The maximum Gasteiger partial charge on any atom is 0.317 e. The number of carbonyl (C=O) groups excluding carboxylic acids is 1. The molecule has 1 atom stereocenters. The van der Waals surface area contributed by atoms with Crippen LogP contribution in [0.15, 0.2) is 28.7 Å². The van der Waals surface area contributed by atoms with Gasteiger partial charge >= 0.3 is 6.03 Å². The van der Waals surface area contributed by atoms with Crippen LogP contribution in [-0.4, -0.2) is 35.7 Å². The Bertz CT molecular complexity index is 395. The van der Waals surface area contributed by atoms with Gasteiger partial charge in [-0.05, 0) is 31.0 Å². The summed E-state index contributed by atoms with van der Waals surface area (Å²) < 4.78 is 1.02. The monoisotopic (exact) mass is 328 g/mol. The van der Waals surface area contributed by atoms with Crippen LogP contribution in [0.4, 0.5) is 4.79 Å². The van der Waals surface area contributed by atoms with Crippen LogP contribution in [-0.2, 0) is 0 Å². The first-order valence-corrected chi connectivity index (χ1v) is 7.33. The second-order valence-corrected chi connectivity index (χ2v) is 5.18. The van der Waals surface area contributed by atoms with Gasteiger partial charge in [0.1, 0.15) is 0 Å². The van der Waals surface area contributed by atoms with Crippen LogP contribution in [0.5, 0.6) is 0 Å². The first kappa shape index (κ1) is 16.0. The minimum absolute atomic E-state index is 0.00616. The SMILES string of the molecule is CCC(NC(=O)N(CC)CCO)c1ccc(Br)cc1. The number of aliphatic hydroxyl groups is 1. The highest BCUT2D eigenvalue weighted by atomic mass is 79.9. The van der Waals surface area contributed by atoms with Gasteiger partial charge in [-0.25, -0.2) is 4.79 Å². The summed E-state index contributed by atoms with van der Waals surface area (Å²) in [5.74, 6) is 0. The first-order valence-electron chi connectivity index (χ1n) is 6.54. The van der Waals surface area contributed by atoms with Crippen LogP contribution in [0.25, 0.3) is 0 Å². The predicted octanol–water partition coefficient (Wildman–Crippen LogP) is 2.92. The maximum absolute atomic E-state index is 12.1. The lowest BCUT2D eigenvalue weighted by Crippen LogP contribution is -2.42. The number of hydrogen-bond acceptors (Lipinski definition) is 2. The molecular formula is C14H21BrN2O2. The second-order valence-electron chi connectivity index (χ2n) is 4.27. The van der Waals surface area contributed by atoms with Crippen molar-refractivity contribution in [2.45, 2.75) is 26.3 Å². The minimum atomic E-state index is -0.133. The normalized spacial score (nSPS) is 12.0. The smallest absolute Gasteiger partial charge is 0.317 e. The van der Waals surface area contributed by atoms with E-state index in [1.165, 1.54) is 0 Å². The van der Waals surface area contributed by atoms with Crippen molar-refractivity contribution in [2.24, 2.45) is 0 Å². The molecule has 0 aliphatic carbocycles. The molecule has 106 valence electrons. The fourth-order valence-corrected chi connectivity index (χ4v) is 2.14. The number of carbonyl (C=O) groups is 1. The van der Waals surface area contributed by atoms with E-state index in [1.54, 1.807) is 4.90 Å². The zero-order chi connectivity index (χ0) is 14.3. The molecule has 0 spiro atoms. The fourth-order valence-electron chi connectivity index (χ4n) is 1.88.